The molecule has 2 N–H and O–H groups in total. The summed E-state index contributed by atoms with van der Waals surface area (Å²) in [7, 11) is 4.09. The monoisotopic (exact) mass is 251 g/mol. The second kappa shape index (κ2) is 5.82. The average Bonchev–Trinajstić information content (AvgIpc) is 2.25. The lowest BCUT2D eigenvalue weighted by Crippen LogP contribution is -2.34. The van der Waals surface area contributed by atoms with Gasteiger partial charge in [-0.1, -0.05) is 13.8 Å². The van der Waals surface area contributed by atoms with Crippen LogP contribution in [0, 0.1) is 5.41 Å². The van der Waals surface area contributed by atoms with Crippen molar-refractivity contribution in [1.82, 2.24) is 9.88 Å². The molecule has 100 valence electrons. The van der Waals surface area contributed by atoms with E-state index in [0.717, 1.165) is 13.1 Å². The van der Waals surface area contributed by atoms with E-state index in [2.05, 4.69) is 29.0 Å². The highest BCUT2D eigenvalue weighted by molar-refractivity contribution is 5.87. The van der Waals surface area contributed by atoms with Crippen LogP contribution < -0.4 is 5.32 Å². The van der Waals surface area contributed by atoms with E-state index in [4.69, 9.17) is 5.11 Å². The lowest BCUT2D eigenvalue weighted by Gasteiger charge is -2.28. The smallest absolute Gasteiger partial charge is 0.337 e. The summed E-state index contributed by atoms with van der Waals surface area (Å²) in [6, 6.07) is 3.24. The Morgan fingerprint density at radius 3 is 2.56 bits per heavy atom. The molecule has 0 bridgehead atoms. The molecule has 18 heavy (non-hydrogen) atoms. The van der Waals surface area contributed by atoms with Gasteiger partial charge in [-0.15, -0.1) is 0 Å². The molecule has 1 rings (SSSR count). The minimum atomic E-state index is -0.956. The molecule has 0 atom stereocenters. The second-order valence-electron chi connectivity index (χ2n) is 5.49. The number of hydrogen-bond donors (Lipinski definition) is 2. The highest BCUT2D eigenvalue weighted by Crippen LogP contribution is 2.16. The van der Waals surface area contributed by atoms with E-state index in [1.165, 1.54) is 6.20 Å². The lowest BCUT2D eigenvalue weighted by molar-refractivity contribution is 0.0696. The van der Waals surface area contributed by atoms with Crippen molar-refractivity contribution in [3.8, 4) is 0 Å². The molecule has 1 aromatic rings. The standard InChI is InChI=1S/C13H21N3O2/c1-13(2,9-16(3)4)8-15-11-6-5-10(7-14-11)12(17)18/h5-7H,8-9H2,1-4H3,(H,14,15)(H,17,18). The minimum absolute atomic E-state index is 0.122. The number of hydrogen-bond acceptors (Lipinski definition) is 4. The van der Waals surface area contributed by atoms with Gasteiger partial charge in [0.05, 0.1) is 5.56 Å². The van der Waals surface area contributed by atoms with Gasteiger partial charge in [-0.25, -0.2) is 9.78 Å². The van der Waals surface area contributed by atoms with E-state index < -0.39 is 5.97 Å². The van der Waals surface area contributed by atoms with Crippen LogP contribution in [-0.4, -0.2) is 48.1 Å². The van der Waals surface area contributed by atoms with Gasteiger partial charge in [-0.05, 0) is 31.6 Å². The summed E-state index contributed by atoms with van der Waals surface area (Å²) < 4.78 is 0. The number of carboxylic acid groups (broad SMARTS) is 1. The van der Waals surface area contributed by atoms with Crippen molar-refractivity contribution in [3.05, 3.63) is 23.9 Å². The lowest BCUT2D eigenvalue weighted by atomic mass is 9.93. The van der Waals surface area contributed by atoms with E-state index in [0.29, 0.717) is 5.82 Å². The third-order valence-corrected chi connectivity index (χ3v) is 2.50. The molecular formula is C13H21N3O2. The molecule has 1 heterocycles. The van der Waals surface area contributed by atoms with Crippen LogP contribution in [0.4, 0.5) is 5.82 Å². The van der Waals surface area contributed by atoms with Gasteiger partial charge in [0, 0.05) is 19.3 Å². The Hall–Kier alpha value is -1.62. The zero-order chi connectivity index (χ0) is 13.8. The van der Waals surface area contributed by atoms with E-state index in [1.807, 2.05) is 14.1 Å². The van der Waals surface area contributed by atoms with Crippen molar-refractivity contribution in [3.63, 3.8) is 0 Å². The zero-order valence-corrected chi connectivity index (χ0v) is 11.4. The van der Waals surface area contributed by atoms with Gasteiger partial charge in [0.25, 0.3) is 0 Å². The third kappa shape index (κ3) is 4.71. The van der Waals surface area contributed by atoms with Crippen LogP contribution in [0.5, 0.6) is 0 Å². The van der Waals surface area contributed by atoms with Gasteiger partial charge < -0.3 is 15.3 Å². The first-order chi connectivity index (χ1) is 8.30. The fourth-order valence-corrected chi connectivity index (χ4v) is 1.87. The molecule has 0 saturated carbocycles. The molecular weight excluding hydrogens is 230 g/mol. The molecule has 0 spiro atoms. The van der Waals surface area contributed by atoms with Crippen molar-refractivity contribution in [2.75, 3.05) is 32.5 Å². The first-order valence-electron chi connectivity index (χ1n) is 5.88. The molecule has 5 heteroatoms. The predicted molar refractivity (Wildman–Crippen MR) is 72.0 cm³/mol. The molecule has 0 aromatic carbocycles. The molecule has 0 radical (unpaired) electrons. The normalized spacial score (nSPS) is 11.6. The van der Waals surface area contributed by atoms with Crippen LogP contribution in [0.25, 0.3) is 0 Å². The Morgan fingerprint density at radius 2 is 2.11 bits per heavy atom. The second-order valence-corrected chi connectivity index (χ2v) is 5.49. The summed E-state index contributed by atoms with van der Waals surface area (Å²) in [6.45, 7) is 6.09. The van der Waals surface area contributed by atoms with E-state index in [9.17, 15) is 4.79 Å². The Bertz CT molecular complexity index is 399. The average molecular weight is 251 g/mol. The molecule has 5 nitrogen and oxygen atoms in total. The van der Waals surface area contributed by atoms with E-state index >= 15 is 0 Å². The molecule has 0 saturated heterocycles. The topological polar surface area (TPSA) is 65.5 Å². The van der Waals surface area contributed by atoms with Crippen molar-refractivity contribution < 1.29 is 9.90 Å². The Labute approximate surface area is 108 Å². The molecule has 0 amide bonds. The number of rotatable bonds is 6. The number of nitrogens with zero attached hydrogens (tertiary/aromatic N) is 2. The van der Waals surface area contributed by atoms with Crippen LogP contribution in [0.1, 0.15) is 24.2 Å². The van der Waals surface area contributed by atoms with Crippen molar-refractivity contribution in [2.24, 2.45) is 5.41 Å². The maximum Gasteiger partial charge on any atom is 0.337 e. The number of carbonyl (C=O) groups is 1. The summed E-state index contributed by atoms with van der Waals surface area (Å²) in [5.74, 6) is -0.256. The van der Waals surface area contributed by atoms with E-state index in [-0.39, 0.29) is 11.0 Å². The fraction of sp³-hybridized carbons (Fsp3) is 0.538. The quantitative estimate of drug-likeness (QED) is 0.806. The first-order valence-corrected chi connectivity index (χ1v) is 5.88. The largest absolute Gasteiger partial charge is 0.478 e. The number of pyridine rings is 1. The SMILES string of the molecule is CN(C)CC(C)(C)CNc1ccc(C(=O)O)cn1. The molecule has 0 aliphatic rings. The fourth-order valence-electron chi connectivity index (χ4n) is 1.87. The number of anilines is 1. The zero-order valence-electron chi connectivity index (χ0n) is 11.4. The van der Waals surface area contributed by atoms with Crippen molar-refractivity contribution in [2.45, 2.75) is 13.8 Å². The van der Waals surface area contributed by atoms with E-state index in [1.54, 1.807) is 12.1 Å². The van der Waals surface area contributed by atoms with Gasteiger partial charge in [0.2, 0.25) is 0 Å². The summed E-state index contributed by atoms with van der Waals surface area (Å²) in [5.41, 5.74) is 0.324. The summed E-state index contributed by atoms with van der Waals surface area (Å²) in [4.78, 5) is 16.9. The van der Waals surface area contributed by atoms with Gasteiger partial charge in [0.1, 0.15) is 5.82 Å². The molecule has 0 unspecified atom stereocenters. The Morgan fingerprint density at radius 1 is 1.44 bits per heavy atom. The number of aromatic carboxylic acids is 1. The van der Waals surface area contributed by atoms with Crippen LogP contribution in [0.3, 0.4) is 0 Å². The maximum absolute atomic E-state index is 10.7. The van der Waals surface area contributed by atoms with Gasteiger partial charge >= 0.3 is 5.97 Å². The van der Waals surface area contributed by atoms with Crippen molar-refractivity contribution >= 4 is 11.8 Å². The van der Waals surface area contributed by atoms with Gasteiger partial charge in [0.15, 0.2) is 0 Å². The highest BCUT2D eigenvalue weighted by Gasteiger charge is 2.18. The summed E-state index contributed by atoms with van der Waals surface area (Å²) in [5, 5.41) is 12.0. The van der Waals surface area contributed by atoms with Gasteiger partial charge in [-0.3, -0.25) is 0 Å². The van der Waals surface area contributed by atoms with Crippen LogP contribution in [-0.2, 0) is 0 Å². The maximum atomic E-state index is 10.7. The summed E-state index contributed by atoms with van der Waals surface area (Å²) >= 11 is 0. The van der Waals surface area contributed by atoms with Crippen LogP contribution in [0.15, 0.2) is 18.3 Å². The summed E-state index contributed by atoms with van der Waals surface area (Å²) in [6.07, 6.45) is 1.36. The number of carboxylic acids is 1. The van der Waals surface area contributed by atoms with Crippen LogP contribution >= 0.6 is 0 Å². The number of nitrogens with one attached hydrogen (secondary N) is 1. The van der Waals surface area contributed by atoms with Crippen molar-refractivity contribution in [1.29, 1.82) is 0 Å². The minimum Gasteiger partial charge on any atom is -0.478 e. The molecule has 0 fully saturated rings. The predicted octanol–water partition coefficient (Wildman–Crippen LogP) is 1.78. The highest BCUT2D eigenvalue weighted by atomic mass is 16.4. The third-order valence-electron chi connectivity index (χ3n) is 2.50. The van der Waals surface area contributed by atoms with Gasteiger partial charge in [-0.2, -0.15) is 0 Å². The Kier molecular flexibility index (Phi) is 4.67. The Balaban J connectivity index is 2.55. The molecule has 0 aliphatic heterocycles. The molecule has 1 aromatic heterocycles. The molecule has 0 aliphatic carbocycles. The number of aromatic nitrogens is 1. The first kappa shape index (κ1) is 14.4. The van der Waals surface area contributed by atoms with Crippen LogP contribution in [0.2, 0.25) is 0 Å².